The van der Waals surface area contributed by atoms with Crippen LogP contribution in [0.2, 0.25) is 5.02 Å². The maximum absolute atomic E-state index is 14.2. The normalized spacial score (nSPS) is 18.0. The molecule has 4 rings (SSSR count). The van der Waals surface area contributed by atoms with Gasteiger partial charge in [-0.1, -0.05) is 17.7 Å². The lowest BCUT2D eigenvalue weighted by Crippen LogP contribution is -2.18. The van der Waals surface area contributed by atoms with E-state index in [-0.39, 0.29) is 21.8 Å². The Bertz CT molecular complexity index is 1440. The van der Waals surface area contributed by atoms with Gasteiger partial charge in [0.1, 0.15) is 16.0 Å². The third kappa shape index (κ3) is 4.89. The summed E-state index contributed by atoms with van der Waals surface area (Å²) in [4.78, 5) is 25.5. The van der Waals surface area contributed by atoms with Gasteiger partial charge in [-0.15, -0.1) is 23.2 Å². The van der Waals surface area contributed by atoms with Crippen LogP contribution in [0.5, 0.6) is 0 Å². The molecular formula is C24H11Cl3F7NO2. The second kappa shape index (κ2) is 9.81. The SMILES string of the molecule is O=C(Cc1ccc(F)cc1F)c1cc(NC(=O)C2C(c3c(F)c(F)c(F)c(F)c3F)C2(Cl)Cl)ccc1Cl. The molecule has 0 bridgehead atoms. The number of hydrogen-bond donors (Lipinski definition) is 1. The van der Waals surface area contributed by atoms with Gasteiger partial charge in [0.05, 0.1) is 10.9 Å². The molecule has 1 fully saturated rings. The molecular weight excluding hydrogens is 574 g/mol. The Morgan fingerprint density at radius 3 is 2.03 bits per heavy atom. The third-order valence-corrected chi connectivity index (χ3v) is 7.06. The minimum Gasteiger partial charge on any atom is -0.326 e. The van der Waals surface area contributed by atoms with Gasteiger partial charge in [0.25, 0.3) is 0 Å². The van der Waals surface area contributed by atoms with Crippen LogP contribution >= 0.6 is 34.8 Å². The first-order valence-electron chi connectivity index (χ1n) is 10.2. The number of halogens is 10. The van der Waals surface area contributed by atoms with E-state index in [0.717, 1.165) is 18.2 Å². The summed E-state index contributed by atoms with van der Waals surface area (Å²) in [5, 5.41) is 2.23. The highest BCUT2D eigenvalue weighted by Crippen LogP contribution is 2.66. The molecule has 0 heterocycles. The van der Waals surface area contributed by atoms with Crippen molar-refractivity contribution in [2.45, 2.75) is 16.7 Å². The molecule has 3 aromatic rings. The zero-order chi connectivity index (χ0) is 27.4. The summed E-state index contributed by atoms with van der Waals surface area (Å²) in [7, 11) is 0. The number of Topliss-reactive ketones (excluding diaryl/α,β-unsaturated/α-hetero) is 1. The lowest BCUT2D eigenvalue weighted by Gasteiger charge is -2.10. The summed E-state index contributed by atoms with van der Waals surface area (Å²) >= 11 is 18.0. The minimum atomic E-state index is -2.38. The largest absolute Gasteiger partial charge is 0.326 e. The van der Waals surface area contributed by atoms with Crippen molar-refractivity contribution in [2.75, 3.05) is 5.32 Å². The van der Waals surface area contributed by atoms with Crippen molar-refractivity contribution in [1.82, 2.24) is 0 Å². The van der Waals surface area contributed by atoms with Crippen LogP contribution in [-0.4, -0.2) is 16.0 Å². The van der Waals surface area contributed by atoms with Crippen LogP contribution in [0.3, 0.4) is 0 Å². The number of nitrogens with one attached hydrogen (secondary N) is 1. The average Bonchev–Trinajstić information content (AvgIpc) is 3.40. The van der Waals surface area contributed by atoms with Gasteiger partial charge < -0.3 is 5.32 Å². The van der Waals surface area contributed by atoms with Gasteiger partial charge in [0.2, 0.25) is 11.7 Å². The molecule has 13 heteroatoms. The van der Waals surface area contributed by atoms with Crippen molar-refractivity contribution in [3.63, 3.8) is 0 Å². The molecule has 37 heavy (non-hydrogen) atoms. The van der Waals surface area contributed by atoms with E-state index < -0.39 is 80.6 Å². The summed E-state index contributed by atoms with van der Waals surface area (Å²) in [6, 6.07) is 6.22. The number of carbonyl (C=O) groups is 2. The molecule has 0 radical (unpaired) electrons. The molecule has 2 unspecified atom stereocenters. The zero-order valence-corrected chi connectivity index (χ0v) is 20.2. The Kier molecular flexibility index (Phi) is 7.22. The molecule has 0 spiro atoms. The van der Waals surface area contributed by atoms with Crippen LogP contribution in [0, 0.1) is 46.6 Å². The lowest BCUT2D eigenvalue weighted by molar-refractivity contribution is -0.117. The molecule has 3 nitrogen and oxygen atoms in total. The Morgan fingerprint density at radius 2 is 1.43 bits per heavy atom. The van der Waals surface area contributed by atoms with Crippen LogP contribution in [0.1, 0.15) is 27.4 Å². The maximum Gasteiger partial charge on any atom is 0.231 e. The highest BCUT2D eigenvalue weighted by atomic mass is 35.5. The van der Waals surface area contributed by atoms with Crippen LogP contribution in [0.15, 0.2) is 36.4 Å². The molecule has 1 saturated carbocycles. The predicted octanol–water partition coefficient (Wildman–Crippen LogP) is 7.27. The Hall–Kier alpha value is -2.82. The van der Waals surface area contributed by atoms with Gasteiger partial charge in [-0.05, 0) is 29.8 Å². The molecule has 1 amide bonds. The molecule has 0 saturated heterocycles. The maximum atomic E-state index is 14.2. The first kappa shape index (κ1) is 27.2. The van der Waals surface area contributed by atoms with E-state index in [1.807, 2.05) is 0 Å². The molecule has 1 aliphatic carbocycles. The van der Waals surface area contributed by atoms with E-state index in [1.54, 1.807) is 0 Å². The monoisotopic (exact) mass is 583 g/mol. The number of anilines is 1. The van der Waals surface area contributed by atoms with Crippen molar-refractivity contribution in [2.24, 2.45) is 5.92 Å². The van der Waals surface area contributed by atoms with Crippen LogP contribution in [0.4, 0.5) is 36.4 Å². The van der Waals surface area contributed by atoms with E-state index >= 15 is 0 Å². The smallest absolute Gasteiger partial charge is 0.231 e. The molecule has 1 aliphatic rings. The lowest BCUT2D eigenvalue weighted by atomic mass is 10.0. The van der Waals surface area contributed by atoms with Gasteiger partial charge >= 0.3 is 0 Å². The number of benzene rings is 3. The highest BCUT2D eigenvalue weighted by Gasteiger charge is 2.69. The van der Waals surface area contributed by atoms with Crippen LogP contribution < -0.4 is 5.32 Å². The predicted molar refractivity (Wildman–Crippen MR) is 121 cm³/mol. The van der Waals surface area contributed by atoms with Gasteiger partial charge in [0, 0.05) is 35.2 Å². The standard InChI is InChI=1S/C24H11Cl3F7NO2/c25-12-4-3-10(7-11(12)14(36)5-8-1-2-9(28)6-13(8)29)35-23(37)17-16(24(17,26)27)15-18(30)20(32)22(34)21(33)19(15)31/h1-4,6-7,16-17H,5H2,(H,35,37). The summed E-state index contributed by atoms with van der Waals surface area (Å²) in [6.07, 6.45) is -0.499. The van der Waals surface area contributed by atoms with Crippen molar-refractivity contribution in [1.29, 1.82) is 0 Å². The van der Waals surface area contributed by atoms with Crippen molar-refractivity contribution in [3.8, 4) is 0 Å². The number of hydrogen-bond acceptors (Lipinski definition) is 2. The topological polar surface area (TPSA) is 46.2 Å². The molecule has 2 atom stereocenters. The summed E-state index contributed by atoms with van der Waals surface area (Å²) < 4.78 is 94.0. The van der Waals surface area contributed by atoms with Gasteiger partial charge in [0.15, 0.2) is 29.1 Å². The molecule has 1 N–H and O–H groups in total. The third-order valence-electron chi connectivity index (χ3n) is 5.79. The summed E-state index contributed by atoms with van der Waals surface area (Å²) in [6.45, 7) is 0. The molecule has 194 valence electrons. The van der Waals surface area contributed by atoms with Crippen molar-refractivity contribution >= 4 is 52.2 Å². The number of alkyl halides is 2. The van der Waals surface area contributed by atoms with E-state index in [2.05, 4.69) is 5.32 Å². The Morgan fingerprint density at radius 1 is 0.838 bits per heavy atom. The minimum absolute atomic E-state index is 0.0653. The first-order valence-corrected chi connectivity index (χ1v) is 11.4. The van der Waals surface area contributed by atoms with Crippen LogP contribution in [-0.2, 0) is 11.2 Å². The number of rotatable bonds is 6. The number of amides is 1. The highest BCUT2D eigenvalue weighted by molar-refractivity contribution is 6.53. The molecule has 3 aromatic carbocycles. The fraction of sp³-hybridized carbons (Fsp3) is 0.167. The van der Waals surface area contributed by atoms with E-state index in [0.29, 0.717) is 6.07 Å². The number of ketones is 1. The molecule has 0 aliphatic heterocycles. The van der Waals surface area contributed by atoms with Gasteiger partial charge in [-0.2, -0.15) is 0 Å². The van der Waals surface area contributed by atoms with E-state index in [1.165, 1.54) is 12.1 Å². The van der Waals surface area contributed by atoms with Gasteiger partial charge in [-0.25, -0.2) is 30.7 Å². The van der Waals surface area contributed by atoms with Crippen LogP contribution in [0.25, 0.3) is 0 Å². The average molecular weight is 585 g/mol. The summed E-state index contributed by atoms with van der Waals surface area (Å²) in [5.74, 6) is -18.1. The van der Waals surface area contributed by atoms with Crippen molar-refractivity contribution < 1.29 is 40.3 Å². The van der Waals surface area contributed by atoms with Crippen molar-refractivity contribution in [3.05, 3.63) is 98.8 Å². The number of carbonyl (C=O) groups excluding carboxylic acids is 2. The zero-order valence-electron chi connectivity index (χ0n) is 17.9. The Labute approximate surface area is 219 Å². The van der Waals surface area contributed by atoms with Gasteiger partial charge in [-0.3, -0.25) is 9.59 Å². The van der Waals surface area contributed by atoms with E-state index in [9.17, 15) is 40.3 Å². The quantitative estimate of drug-likeness (QED) is 0.109. The molecule has 0 aromatic heterocycles. The first-order chi connectivity index (χ1) is 17.2. The second-order valence-electron chi connectivity index (χ2n) is 8.13. The fourth-order valence-corrected chi connectivity index (χ4v) is 4.89. The fourth-order valence-electron chi connectivity index (χ4n) is 3.88. The second-order valence-corrected chi connectivity index (χ2v) is 9.98. The Balaban J connectivity index is 1.57. The summed E-state index contributed by atoms with van der Waals surface area (Å²) in [5.41, 5.74) is -1.67. The van der Waals surface area contributed by atoms with E-state index in [4.69, 9.17) is 34.8 Å².